The largest absolute Gasteiger partial charge is 0.462 e. The van der Waals surface area contributed by atoms with E-state index >= 15 is 0 Å². The van der Waals surface area contributed by atoms with Crippen molar-refractivity contribution in [3.63, 3.8) is 0 Å². The van der Waals surface area contributed by atoms with Gasteiger partial charge in [0.25, 0.3) is 0 Å². The summed E-state index contributed by atoms with van der Waals surface area (Å²) in [6, 6.07) is 0. The molecule has 0 amide bonds. The molecule has 0 aromatic rings. The summed E-state index contributed by atoms with van der Waals surface area (Å²) in [7, 11) is 0. The maximum absolute atomic E-state index is 10.6. The van der Waals surface area contributed by atoms with E-state index in [1.54, 1.807) is 0 Å². The fourth-order valence-electron chi connectivity index (χ4n) is 1.37. The zero-order valence-corrected chi connectivity index (χ0v) is 15.6. The van der Waals surface area contributed by atoms with E-state index in [9.17, 15) is 14.4 Å². The minimum absolute atomic E-state index is 0.123. The van der Waals surface area contributed by atoms with E-state index in [-0.39, 0.29) is 13.2 Å². The Kier molecular flexibility index (Phi) is 18.2. The van der Waals surface area contributed by atoms with E-state index in [4.69, 9.17) is 9.47 Å². The molecule has 0 unspecified atom stereocenters. The van der Waals surface area contributed by atoms with E-state index in [0.717, 1.165) is 13.2 Å². The van der Waals surface area contributed by atoms with Gasteiger partial charge in [0.05, 0.1) is 0 Å². The zero-order chi connectivity index (χ0) is 18.8. The predicted molar refractivity (Wildman–Crippen MR) is 89.5 cm³/mol. The maximum Gasteiger partial charge on any atom is 0.303 e. The summed E-state index contributed by atoms with van der Waals surface area (Å²) >= 11 is 0. The van der Waals surface area contributed by atoms with Crippen LogP contribution in [0.15, 0.2) is 0 Å². The van der Waals surface area contributed by atoms with E-state index in [1.807, 2.05) is 0 Å². The van der Waals surface area contributed by atoms with Gasteiger partial charge in [-0.2, -0.15) is 0 Å². The molecule has 0 spiro atoms. The van der Waals surface area contributed by atoms with E-state index in [0.29, 0.717) is 0 Å². The minimum Gasteiger partial charge on any atom is -0.462 e. The molecule has 0 saturated heterocycles. The van der Waals surface area contributed by atoms with Gasteiger partial charge in [0.15, 0.2) is 6.10 Å². The van der Waals surface area contributed by atoms with Gasteiger partial charge in [0.1, 0.15) is 13.2 Å². The van der Waals surface area contributed by atoms with Crippen molar-refractivity contribution < 1.29 is 33.3 Å². The van der Waals surface area contributed by atoms with E-state index < -0.39 is 24.0 Å². The van der Waals surface area contributed by atoms with Gasteiger partial charge in [-0.3, -0.25) is 14.4 Å². The summed E-state index contributed by atoms with van der Waals surface area (Å²) < 4.78 is 19.3. The van der Waals surface area contributed by atoms with Crippen LogP contribution < -0.4 is 0 Å². The topological polar surface area (TPSA) is 88.1 Å². The lowest BCUT2D eigenvalue weighted by Gasteiger charge is -2.15. The van der Waals surface area contributed by atoms with Crippen LogP contribution >= 0.6 is 0 Å². The standard InChI is InChI=1S/C9H14O6.C8H18O/c1-6(10)13-4-9(15-8(3)12)5-14-7(2)11;1-3-5-7-9-8-6-4-2/h9H,4-5H2,1-3H3;3-8H2,1-2H3. The van der Waals surface area contributed by atoms with Gasteiger partial charge < -0.3 is 18.9 Å². The van der Waals surface area contributed by atoms with E-state index in [1.165, 1.54) is 46.5 Å². The fraction of sp³-hybridized carbons (Fsp3) is 0.824. The molecule has 24 heavy (non-hydrogen) atoms. The second-order valence-electron chi connectivity index (χ2n) is 5.16. The number of carbonyl (C=O) groups excluding carboxylic acids is 3. The number of hydrogen-bond donors (Lipinski definition) is 0. The Bertz CT molecular complexity index is 318. The third-order valence-corrected chi connectivity index (χ3v) is 2.56. The van der Waals surface area contributed by atoms with Crippen molar-refractivity contribution in [2.45, 2.75) is 66.4 Å². The molecule has 0 aliphatic carbocycles. The normalized spacial score (nSPS) is 9.75. The van der Waals surface area contributed by atoms with Gasteiger partial charge in [-0.05, 0) is 12.8 Å². The Balaban J connectivity index is 0. The Hall–Kier alpha value is -1.63. The lowest BCUT2D eigenvalue weighted by molar-refractivity contribution is -0.163. The van der Waals surface area contributed by atoms with Crippen molar-refractivity contribution >= 4 is 17.9 Å². The zero-order valence-electron chi connectivity index (χ0n) is 15.6. The summed E-state index contributed by atoms with van der Waals surface area (Å²) in [6.45, 7) is 9.71. The quantitative estimate of drug-likeness (QED) is 0.322. The minimum atomic E-state index is -0.754. The van der Waals surface area contributed by atoms with Crippen LogP contribution in [0.25, 0.3) is 0 Å². The Labute approximate surface area is 145 Å². The van der Waals surface area contributed by atoms with Gasteiger partial charge >= 0.3 is 17.9 Å². The lowest BCUT2D eigenvalue weighted by atomic mass is 10.3. The molecule has 0 aromatic heterocycles. The Morgan fingerprint density at radius 3 is 1.46 bits per heavy atom. The van der Waals surface area contributed by atoms with Gasteiger partial charge in [-0.25, -0.2) is 0 Å². The van der Waals surface area contributed by atoms with Crippen LogP contribution in [0.1, 0.15) is 60.3 Å². The molecule has 0 radical (unpaired) electrons. The Morgan fingerprint density at radius 2 is 1.17 bits per heavy atom. The van der Waals surface area contributed by atoms with Gasteiger partial charge in [-0.1, -0.05) is 26.7 Å². The number of rotatable bonds is 11. The smallest absolute Gasteiger partial charge is 0.303 e. The molecular formula is C17H32O7. The Morgan fingerprint density at radius 1 is 0.750 bits per heavy atom. The molecule has 0 heterocycles. The highest BCUT2D eigenvalue weighted by Gasteiger charge is 2.15. The molecule has 0 aliphatic rings. The van der Waals surface area contributed by atoms with Crippen LogP contribution in [0.5, 0.6) is 0 Å². The monoisotopic (exact) mass is 348 g/mol. The van der Waals surface area contributed by atoms with Gasteiger partial charge in [-0.15, -0.1) is 0 Å². The summed E-state index contributed by atoms with van der Waals surface area (Å²) in [5.41, 5.74) is 0. The van der Waals surface area contributed by atoms with Gasteiger partial charge in [0, 0.05) is 34.0 Å². The highest BCUT2D eigenvalue weighted by molar-refractivity contribution is 5.67. The number of unbranched alkanes of at least 4 members (excludes halogenated alkanes) is 2. The van der Waals surface area contributed by atoms with Crippen molar-refractivity contribution in [3.8, 4) is 0 Å². The third-order valence-electron chi connectivity index (χ3n) is 2.56. The van der Waals surface area contributed by atoms with Crippen molar-refractivity contribution in [3.05, 3.63) is 0 Å². The molecule has 0 fully saturated rings. The molecular weight excluding hydrogens is 316 g/mol. The first-order valence-electron chi connectivity index (χ1n) is 8.35. The van der Waals surface area contributed by atoms with Crippen LogP contribution in [0.2, 0.25) is 0 Å². The summed E-state index contributed by atoms with van der Waals surface area (Å²) in [6.07, 6.45) is 4.15. The number of esters is 3. The maximum atomic E-state index is 10.6. The first-order chi connectivity index (χ1) is 11.3. The predicted octanol–water partition coefficient (Wildman–Crippen LogP) is 2.65. The van der Waals surface area contributed by atoms with Crippen LogP contribution in [-0.2, 0) is 33.3 Å². The highest BCUT2D eigenvalue weighted by Crippen LogP contribution is 1.97. The third kappa shape index (κ3) is 22.6. The van der Waals surface area contributed by atoms with Crippen LogP contribution in [0.4, 0.5) is 0 Å². The molecule has 0 rings (SSSR count). The van der Waals surface area contributed by atoms with Crippen LogP contribution in [0, 0.1) is 0 Å². The summed E-state index contributed by atoms with van der Waals surface area (Å²) in [5.74, 6) is -1.51. The average molecular weight is 348 g/mol. The molecule has 0 saturated carbocycles. The van der Waals surface area contributed by atoms with E-state index in [2.05, 4.69) is 23.3 Å². The van der Waals surface area contributed by atoms with Crippen molar-refractivity contribution in [1.82, 2.24) is 0 Å². The first kappa shape index (κ1) is 24.6. The molecule has 7 heteroatoms. The number of carbonyl (C=O) groups is 3. The molecule has 0 N–H and O–H groups in total. The molecule has 0 aromatic carbocycles. The van der Waals surface area contributed by atoms with Gasteiger partial charge in [0.2, 0.25) is 0 Å². The molecule has 0 atom stereocenters. The molecule has 142 valence electrons. The second-order valence-corrected chi connectivity index (χ2v) is 5.16. The number of ether oxygens (including phenoxy) is 4. The highest BCUT2D eigenvalue weighted by atomic mass is 16.6. The lowest BCUT2D eigenvalue weighted by Crippen LogP contribution is -2.29. The van der Waals surface area contributed by atoms with Crippen molar-refractivity contribution in [1.29, 1.82) is 0 Å². The van der Waals surface area contributed by atoms with Crippen molar-refractivity contribution in [2.75, 3.05) is 26.4 Å². The fourth-order valence-corrected chi connectivity index (χ4v) is 1.37. The molecule has 0 aliphatic heterocycles. The summed E-state index contributed by atoms with van der Waals surface area (Å²) in [4.78, 5) is 31.6. The SMILES string of the molecule is CC(=O)OCC(COC(C)=O)OC(C)=O.CCCCOCCCC. The van der Waals surface area contributed by atoms with Crippen LogP contribution in [0.3, 0.4) is 0 Å². The summed E-state index contributed by atoms with van der Waals surface area (Å²) in [5, 5.41) is 0. The molecule has 0 bridgehead atoms. The second kappa shape index (κ2) is 17.7. The first-order valence-corrected chi connectivity index (χ1v) is 8.35. The van der Waals surface area contributed by atoms with Crippen LogP contribution in [-0.4, -0.2) is 50.4 Å². The molecule has 7 nitrogen and oxygen atoms in total. The average Bonchev–Trinajstić information content (AvgIpc) is 2.50. The number of hydrogen-bond acceptors (Lipinski definition) is 7. The van der Waals surface area contributed by atoms with Crippen molar-refractivity contribution in [2.24, 2.45) is 0 Å².